The molecule has 3 rings (SSSR count). The first kappa shape index (κ1) is 21.1. The van der Waals surface area contributed by atoms with Gasteiger partial charge in [0.15, 0.2) is 6.61 Å². The maximum atomic E-state index is 12.8. The molecule has 0 aliphatic rings. The van der Waals surface area contributed by atoms with E-state index in [1.807, 2.05) is 61.5 Å². The van der Waals surface area contributed by atoms with Crippen LogP contribution in [0.3, 0.4) is 0 Å². The molecule has 0 unspecified atom stereocenters. The number of anilines is 2. The summed E-state index contributed by atoms with van der Waals surface area (Å²) in [5.74, 6) is 0.335. The third-order valence-corrected chi connectivity index (χ3v) is 4.72. The molecule has 0 atom stereocenters. The van der Waals surface area contributed by atoms with Crippen molar-refractivity contribution < 1.29 is 14.3 Å². The topological polar surface area (TPSA) is 58.6 Å². The fraction of sp³-hybridized carbons (Fsp3) is 0.200. The zero-order chi connectivity index (χ0) is 21.3. The summed E-state index contributed by atoms with van der Waals surface area (Å²) in [5.41, 5.74) is 3.19. The van der Waals surface area contributed by atoms with E-state index in [2.05, 4.69) is 12.2 Å². The smallest absolute Gasteiger partial charge is 0.262 e. The van der Waals surface area contributed by atoms with Crippen LogP contribution in [0.2, 0.25) is 0 Å². The quantitative estimate of drug-likeness (QED) is 0.581. The molecule has 0 aromatic heterocycles. The lowest BCUT2D eigenvalue weighted by molar-refractivity contribution is -0.118. The summed E-state index contributed by atoms with van der Waals surface area (Å²) in [6, 6.07) is 24.1. The maximum absolute atomic E-state index is 12.8. The van der Waals surface area contributed by atoms with E-state index < -0.39 is 0 Å². The fourth-order valence-corrected chi connectivity index (χ4v) is 3.10. The number of nitrogens with zero attached hydrogens (tertiary/aromatic N) is 1. The van der Waals surface area contributed by atoms with Gasteiger partial charge in [-0.15, -0.1) is 0 Å². The molecule has 0 aliphatic carbocycles. The highest BCUT2D eigenvalue weighted by Crippen LogP contribution is 2.18. The van der Waals surface area contributed by atoms with Gasteiger partial charge in [-0.05, 0) is 67.4 Å². The minimum atomic E-state index is -0.254. The second-order valence-corrected chi connectivity index (χ2v) is 6.80. The molecule has 0 bridgehead atoms. The highest BCUT2D eigenvalue weighted by molar-refractivity contribution is 6.06. The van der Waals surface area contributed by atoms with Crippen LogP contribution in [-0.4, -0.2) is 25.0 Å². The first-order valence-corrected chi connectivity index (χ1v) is 10.1. The Hall–Kier alpha value is -3.60. The van der Waals surface area contributed by atoms with Gasteiger partial charge in [-0.1, -0.05) is 37.3 Å². The van der Waals surface area contributed by atoms with Crippen LogP contribution in [0.4, 0.5) is 11.4 Å². The number of carbonyl (C=O) groups is 2. The van der Waals surface area contributed by atoms with Crippen molar-refractivity contribution in [2.24, 2.45) is 0 Å². The summed E-state index contributed by atoms with van der Waals surface area (Å²) >= 11 is 0. The Morgan fingerprint density at radius 1 is 0.900 bits per heavy atom. The maximum Gasteiger partial charge on any atom is 0.262 e. The average Bonchev–Trinajstić information content (AvgIpc) is 2.79. The molecule has 5 nitrogen and oxygen atoms in total. The van der Waals surface area contributed by atoms with E-state index in [0.717, 1.165) is 17.7 Å². The molecule has 1 N–H and O–H groups in total. The molecule has 3 aromatic rings. The molecular weight excluding hydrogens is 376 g/mol. The normalized spacial score (nSPS) is 10.3. The summed E-state index contributed by atoms with van der Waals surface area (Å²) in [5, 5.41) is 2.79. The lowest BCUT2D eigenvalue weighted by atomic mass is 10.1. The van der Waals surface area contributed by atoms with Crippen molar-refractivity contribution in [3.8, 4) is 5.75 Å². The van der Waals surface area contributed by atoms with E-state index in [4.69, 9.17) is 4.74 Å². The fourth-order valence-electron chi connectivity index (χ4n) is 3.10. The van der Waals surface area contributed by atoms with Gasteiger partial charge in [-0.2, -0.15) is 0 Å². The average molecular weight is 402 g/mol. The van der Waals surface area contributed by atoms with Gasteiger partial charge < -0.3 is 15.0 Å². The van der Waals surface area contributed by atoms with Crippen molar-refractivity contribution in [2.75, 3.05) is 23.4 Å². The molecule has 30 heavy (non-hydrogen) atoms. The lowest BCUT2D eigenvalue weighted by Crippen LogP contribution is -2.30. The van der Waals surface area contributed by atoms with E-state index in [1.165, 1.54) is 0 Å². The Bertz CT molecular complexity index is 985. The van der Waals surface area contributed by atoms with E-state index >= 15 is 0 Å². The van der Waals surface area contributed by atoms with Crippen LogP contribution >= 0.6 is 0 Å². The van der Waals surface area contributed by atoms with Gasteiger partial charge in [0.2, 0.25) is 0 Å². The molecule has 0 spiro atoms. The first-order chi connectivity index (χ1) is 14.6. The largest absolute Gasteiger partial charge is 0.484 e. The molecule has 0 fully saturated rings. The molecule has 2 amide bonds. The monoisotopic (exact) mass is 402 g/mol. The summed E-state index contributed by atoms with van der Waals surface area (Å²) < 4.78 is 5.57. The number of para-hydroxylation sites is 1. The summed E-state index contributed by atoms with van der Waals surface area (Å²) in [4.78, 5) is 26.7. The predicted molar refractivity (Wildman–Crippen MR) is 120 cm³/mol. The highest BCUT2D eigenvalue weighted by atomic mass is 16.5. The van der Waals surface area contributed by atoms with Crippen molar-refractivity contribution in [1.82, 2.24) is 0 Å². The summed E-state index contributed by atoms with van der Waals surface area (Å²) in [6.07, 6.45) is 0.911. The zero-order valence-electron chi connectivity index (χ0n) is 17.3. The van der Waals surface area contributed by atoms with Gasteiger partial charge >= 0.3 is 0 Å². The Labute approximate surface area is 177 Å². The molecule has 0 saturated carbocycles. The SMILES string of the molecule is CCc1cccc(OCC(=O)Nc2ccc(C(=O)N(CC)c3ccccc3)cc2)c1. The number of amides is 2. The van der Waals surface area contributed by atoms with E-state index in [1.54, 1.807) is 29.2 Å². The Kier molecular flexibility index (Phi) is 7.22. The van der Waals surface area contributed by atoms with Crippen molar-refractivity contribution in [3.63, 3.8) is 0 Å². The number of hydrogen-bond donors (Lipinski definition) is 1. The van der Waals surface area contributed by atoms with Crippen molar-refractivity contribution in [3.05, 3.63) is 90.0 Å². The Morgan fingerprint density at radius 3 is 2.30 bits per heavy atom. The van der Waals surface area contributed by atoms with E-state index in [9.17, 15) is 9.59 Å². The third-order valence-electron chi connectivity index (χ3n) is 4.72. The number of nitrogens with one attached hydrogen (secondary N) is 1. The molecule has 0 saturated heterocycles. The molecule has 0 aliphatic heterocycles. The van der Waals surface area contributed by atoms with Crippen LogP contribution in [0.5, 0.6) is 5.75 Å². The number of aryl methyl sites for hydroxylation is 1. The van der Waals surface area contributed by atoms with Crippen LogP contribution in [0.15, 0.2) is 78.9 Å². The molecule has 0 heterocycles. The standard InChI is InChI=1S/C25H26N2O3/c1-3-19-9-8-12-23(17-19)30-18-24(28)26-21-15-13-20(14-16-21)25(29)27(4-2)22-10-6-5-7-11-22/h5-17H,3-4,18H2,1-2H3,(H,26,28). The minimum Gasteiger partial charge on any atom is -0.484 e. The number of benzene rings is 3. The number of rotatable bonds is 8. The highest BCUT2D eigenvalue weighted by Gasteiger charge is 2.16. The zero-order valence-corrected chi connectivity index (χ0v) is 17.3. The summed E-state index contributed by atoms with van der Waals surface area (Å²) in [6.45, 7) is 4.50. The van der Waals surface area contributed by atoms with Gasteiger partial charge in [0, 0.05) is 23.5 Å². The van der Waals surface area contributed by atoms with E-state index in [-0.39, 0.29) is 18.4 Å². The van der Waals surface area contributed by atoms with Gasteiger partial charge in [-0.3, -0.25) is 9.59 Å². The lowest BCUT2D eigenvalue weighted by Gasteiger charge is -2.21. The molecule has 154 valence electrons. The van der Waals surface area contributed by atoms with Crippen LogP contribution in [-0.2, 0) is 11.2 Å². The first-order valence-electron chi connectivity index (χ1n) is 10.1. The van der Waals surface area contributed by atoms with Crippen molar-refractivity contribution >= 4 is 23.2 Å². The van der Waals surface area contributed by atoms with E-state index in [0.29, 0.717) is 23.5 Å². The number of hydrogen-bond acceptors (Lipinski definition) is 3. The number of carbonyl (C=O) groups excluding carboxylic acids is 2. The van der Waals surface area contributed by atoms with Gasteiger partial charge in [-0.25, -0.2) is 0 Å². The van der Waals surface area contributed by atoms with Crippen LogP contribution in [0.1, 0.15) is 29.8 Å². The molecule has 0 radical (unpaired) electrons. The van der Waals surface area contributed by atoms with Crippen molar-refractivity contribution in [2.45, 2.75) is 20.3 Å². The van der Waals surface area contributed by atoms with Gasteiger partial charge in [0.1, 0.15) is 5.75 Å². The molecule has 5 heteroatoms. The second kappa shape index (κ2) is 10.3. The van der Waals surface area contributed by atoms with Crippen molar-refractivity contribution in [1.29, 1.82) is 0 Å². The molecule has 3 aromatic carbocycles. The number of ether oxygens (including phenoxy) is 1. The summed E-state index contributed by atoms with van der Waals surface area (Å²) in [7, 11) is 0. The van der Waals surface area contributed by atoms with Crippen LogP contribution in [0.25, 0.3) is 0 Å². The van der Waals surface area contributed by atoms with Crippen LogP contribution in [0, 0.1) is 0 Å². The Morgan fingerprint density at radius 2 is 1.63 bits per heavy atom. The molecular formula is C25H26N2O3. The second-order valence-electron chi connectivity index (χ2n) is 6.80. The van der Waals surface area contributed by atoms with Gasteiger partial charge in [0.25, 0.3) is 11.8 Å². The predicted octanol–water partition coefficient (Wildman–Crippen LogP) is 4.93. The minimum absolute atomic E-state index is 0.0779. The van der Waals surface area contributed by atoms with Crippen LogP contribution < -0.4 is 15.0 Å². The Balaban J connectivity index is 1.58. The van der Waals surface area contributed by atoms with Gasteiger partial charge in [0.05, 0.1) is 0 Å². The third kappa shape index (κ3) is 5.47.